The molecule has 2 nitrogen and oxygen atoms in total. The minimum absolute atomic E-state index is 0.617. The molecule has 0 bridgehead atoms. The summed E-state index contributed by atoms with van der Waals surface area (Å²) in [4.78, 5) is 0. The van der Waals surface area contributed by atoms with Crippen LogP contribution in [0.1, 0.15) is 23.7 Å². The van der Waals surface area contributed by atoms with E-state index in [9.17, 15) is 0 Å². The summed E-state index contributed by atoms with van der Waals surface area (Å²) >= 11 is 0. The molecule has 0 atom stereocenters. The summed E-state index contributed by atoms with van der Waals surface area (Å²) in [5.74, 6) is 0. The van der Waals surface area contributed by atoms with Gasteiger partial charge in [-0.3, -0.25) is 0 Å². The number of aromatic nitrogens is 1. The third kappa shape index (κ3) is 1.45. The van der Waals surface area contributed by atoms with Crippen molar-refractivity contribution in [1.82, 2.24) is 4.57 Å². The van der Waals surface area contributed by atoms with Crippen LogP contribution in [-0.4, -0.2) is 4.57 Å². The molecule has 1 heterocycles. The van der Waals surface area contributed by atoms with Crippen molar-refractivity contribution in [3.8, 4) is 0 Å². The predicted molar refractivity (Wildman–Crippen MR) is 65.0 cm³/mol. The molecule has 0 aliphatic carbocycles. The van der Waals surface area contributed by atoms with Crippen LogP contribution in [0.25, 0.3) is 10.9 Å². The first kappa shape index (κ1) is 10.2. The van der Waals surface area contributed by atoms with Crippen molar-refractivity contribution in [1.29, 1.82) is 0 Å². The molecule has 80 valence electrons. The Kier molecular flexibility index (Phi) is 2.53. The van der Waals surface area contributed by atoms with Gasteiger partial charge in [-0.15, -0.1) is 0 Å². The fourth-order valence-electron chi connectivity index (χ4n) is 2.23. The Morgan fingerprint density at radius 2 is 2.00 bits per heavy atom. The minimum Gasteiger partial charge on any atom is -0.345 e. The zero-order chi connectivity index (χ0) is 11.0. The molecular weight excluding hydrogens is 184 g/mol. The summed E-state index contributed by atoms with van der Waals surface area (Å²) < 4.78 is 2.35. The molecule has 0 radical (unpaired) electrons. The van der Waals surface area contributed by atoms with Crippen LogP contribution in [0.4, 0.5) is 0 Å². The van der Waals surface area contributed by atoms with E-state index in [1.165, 1.54) is 27.7 Å². The SMILES string of the molecule is CCn1c(C)c(C)c2cc(CN)ccc21. The predicted octanol–water partition coefficient (Wildman–Crippen LogP) is 2.74. The summed E-state index contributed by atoms with van der Waals surface area (Å²) in [6, 6.07) is 6.51. The van der Waals surface area contributed by atoms with E-state index < -0.39 is 0 Å². The lowest BCUT2D eigenvalue weighted by Crippen LogP contribution is -1.97. The highest BCUT2D eigenvalue weighted by atomic mass is 15.0. The zero-order valence-corrected chi connectivity index (χ0v) is 9.67. The number of aryl methyl sites for hydroxylation is 2. The molecule has 2 aromatic rings. The van der Waals surface area contributed by atoms with E-state index in [1.54, 1.807) is 0 Å². The highest BCUT2D eigenvalue weighted by molar-refractivity contribution is 5.85. The third-order valence-electron chi connectivity index (χ3n) is 3.26. The van der Waals surface area contributed by atoms with E-state index in [-0.39, 0.29) is 0 Å². The van der Waals surface area contributed by atoms with Crippen molar-refractivity contribution >= 4 is 10.9 Å². The van der Waals surface area contributed by atoms with E-state index in [0.29, 0.717) is 6.54 Å². The minimum atomic E-state index is 0.617. The Balaban J connectivity index is 2.78. The second-order valence-corrected chi connectivity index (χ2v) is 4.01. The van der Waals surface area contributed by atoms with Crippen LogP contribution >= 0.6 is 0 Å². The lowest BCUT2D eigenvalue weighted by Gasteiger charge is -2.04. The van der Waals surface area contributed by atoms with E-state index in [0.717, 1.165) is 6.54 Å². The van der Waals surface area contributed by atoms with Crippen LogP contribution in [0.2, 0.25) is 0 Å². The van der Waals surface area contributed by atoms with E-state index in [1.807, 2.05) is 0 Å². The lowest BCUT2D eigenvalue weighted by molar-refractivity contribution is 0.766. The molecule has 0 saturated carbocycles. The number of nitrogens with zero attached hydrogens (tertiary/aromatic N) is 1. The third-order valence-corrected chi connectivity index (χ3v) is 3.26. The van der Waals surface area contributed by atoms with Crippen molar-refractivity contribution < 1.29 is 0 Å². The first-order valence-electron chi connectivity index (χ1n) is 5.47. The van der Waals surface area contributed by atoms with Crippen molar-refractivity contribution in [2.75, 3.05) is 0 Å². The van der Waals surface area contributed by atoms with Crippen LogP contribution in [-0.2, 0) is 13.1 Å². The van der Waals surface area contributed by atoms with Gasteiger partial charge in [0.25, 0.3) is 0 Å². The Morgan fingerprint density at radius 3 is 2.60 bits per heavy atom. The molecule has 2 heteroatoms. The highest BCUT2D eigenvalue weighted by Gasteiger charge is 2.09. The van der Waals surface area contributed by atoms with Crippen molar-refractivity contribution in [2.24, 2.45) is 5.73 Å². The number of benzene rings is 1. The van der Waals surface area contributed by atoms with Crippen LogP contribution in [0, 0.1) is 13.8 Å². The molecule has 0 saturated heterocycles. The summed E-state index contributed by atoms with van der Waals surface area (Å²) in [7, 11) is 0. The fraction of sp³-hybridized carbons (Fsp3) is 0.385. The molecule has 0 aliphatic rings. The van der Waals surface area contributed by atoms with Gasteiger partial charge < -0.3 is 10.3 Å². The Morgan fingerprint density at radius 1 is 1.27 bits per heavy atom. The first-order chi connectivity index (χ1) is 7.19. The van der Waals surface area contributed by atoms with Crippen molar-refractivity contribution in [3.05, 3.63) is 35.0 Å². The number of rotatable bonds is 2. The van der Waals surface area contributed by atoms with Gasteiger partial charge in [-0.2, -0.15) is 0 Å². The average Bonchev–Trinajstić information content (AvgIpc) is 2.51. The zero-order valence-electron chi connectivity index (χ0n) is 9.67. The summed E-state index contributed by atoms with van der Waals surface area (Å²) in [5.41, 5.74) is 10.9. The molecule has 0 fully saturated rings. The van der Waals surface area contributed by atoms with Gasteiger partial charge in [0.2, 0.25) is 0 Å². The van der Waals surface area contributed by atoms with Gasteiger partial charge in [0.05, 0.1) is 0 Å². The quantitative estimate of drug-likeness (QED) is 0.797. The molecule has 2 N–H and O–H groups in total. The first-order valence-corrected chi connectivity index (χ1v) is 5.47. The Labute approximate surface area is 90.7 Å². The van der Waals surface area contributed by atoms with E-state index in [4.69, 9.17) is 5.73 Å². The lowest BCUT2D eigenvalue weighted by atomic mass is 10.1. The molecule has 15 heavy (non-hydrogen) atoms. The van der Waals surface area contributed by atoms with Gasteiger partial charge in [-0.05, 0) is 44.0 Å². The normalized spacial score (nSPS) is 11.2. The molecule has 2 rings (SSSR count). The van der Waals surface area contributed by atoms with E-state index >= 15 is 0 Å². The van der Waals surface area contributed by atoms with Gasteiger partial charge in [0.1, 0.15) is 0 Å². The number of hydrogen-bond donors (Lipinski definition) is 1. The molecule has 0 unspecified atom stereocenters. The fourth-order valence-corrected chi connectivity index (χ4v) is 2.23. The number of fused-ring (bicyclic) bond motifs is 1. The highest BCUT2D eigenvalue weighted by Crippen LogP contribution is 2.25. The second kappa shape index (κ2) is 3.70. The maximum absolute atomic E-state index is 5.66. The second-order valence-electron chi connectivity index (χ2n) is 4.01. The topological polar surface area (TPSA) is 30.9 Å². The van der Waals surface area contributed by atoms with E-state index in [2.05, 4.69) is 43.5 Å². The molecular formula is C13H18N2. The average molecular weight is 202 g/mol. The van der Waals surface area contributed by atoms with Gasteiger partial charge in [-0.1, -0.05) is 6.07 Å². The maximum Gasteiger partial charge on any atom is 0.0485 e. The molecule has 0 amide bonds. The van der Waals surface area contributed by atoms with Crippen LogP contribution in [0.5, 0.6) is 0 Å². The van der Waals surface area contributed by atoms with Crippen molar-refractivity contribution in [2.45, 2.75) is 33.9 Å². The smallest absolute Gasteiger partial charge is 0.0485 e. The number of nitrogens with two attached hydrogens (primary N) is 1. The molecule has 1 aromatic carbocycles. The largest absolute Gasteiger partial charge is 0.345 e. The summed E-state index contributed by atoms with van der Waals surface area (Å²) in [6.07, 6.45) is 0. The van der Waals surface area contributed by atoms with Crippen LogP contribution in [0.3, 0.4) is 0 Å². The van der Waals surface area contributed by atoms with Gasteiger partial charge in [0, 0.05) is 29.7 Å². The Bertz CT molecular complexity index is 495. The van der Waals surface area contributed by atoms with Gasteiger partial charge in [-0.25, -0.2) is 0 Å². The monoisotopic (exact) mass is 202 g/mol. The summed E-state index contributed by atoms with van der Waals surface area (Å²) in [6.45, 7) is 8.19. The van der Waals surface area contributed by atoms with Gasteiger partial charge >= 0.3 is 0 Å². The molecule has 0 aliphatic heterocycles. The molecule has 1 aromatic heterocycles. The van der Waals surface area contributed by atoms with Crippen LogP contribution in [0.15, 0.2) is 18.2 Å². The molecule has 0 spiro atoms. The van der Waals surface area contributed by atoms with Crippen LogP contribution < -0.4 is 5.73 Å². The Hall–Kier alpha value is -1.28. The maximum atomic E-state index is 5.66. The summed E-state index contributed by atoms with van der Waals surface area (Å²) in [5, 5.41) is 1.34. The standard InChI is InChI=1S/C13H18N2/c1-4-15-10(3)9(2)12-7-11(8-14)5-6-13(12)15/h5-7H,4,8,14H2,1-3H3. The van der Waals surface area contributed by atoms with Gasteiger partial charge in [0.15, 0.2) is 0 Å². The van der Waals surface area contributed by atoms with Crippen molar-refractivity contribution in [3.63, 3.8) is 0 Å². The number of hydrogen-bond acceptors (Lipinski definition) is 1.